The minimum absolute atomic E-state index is 0.130. The number of nitro benzene ring substituents is 1. The number of nitrogens with zero attached hydrogens (tertiary/aromatic N) is 2. The second-order valence-corrected chi connectivity index (χ2v) is 4.73. The number of non-ortho nitro benzene ring substituents is 1. The van der Waals surface area contributed by atoms with Crippen LogP contribution in [0.3, 0.4) is 0 Å². The molecule has 0 bridgehead atoms. The van der Waals surface area contributed by atoms with E-state index >= 15 is 0 Å². The zero-order valence-corrected chi connectivity index (χ0v) is 10.3. The Morgan fingerprint density at radius 1 is 1.44 bits per heavy atom. The normalized spacial score (nSPS) is 20.8. The van der Waals surface area contributed by atoms with Gasteiger partial charge in [-0.15, -0.1) is 0 Å². The molecule has 5 nitrogen and oxygen atoms in total. The van der Waals surface area contributed by atoms with Crippen LogP contribution < -0.4 is 0 Å². The van der Waals surface area contributed by atoms with Crippen molar-refractivity contribution in [2.24, 2.45) is 0 Å². The molecule has 1 aromatic carbocycles. The lowest BCUT2D eigenvalue weighted by Gasteiger charge is -2.34. The van der Waals surface area contributed by atoms with Gasteiger partial charge in [-0.3, -0.25) is 15.0 Å². The maximum absolute atomic E-state index is 10.7. The van der Waals surface area contributed by atoms with E-state index < -0.39 is 0 Å². The molecule has 98 valence electrons. The molecule has 2 rings (SSSR count). The molecule has 1 unspecified atom stereocenters. The molecular formula is C13H18N2O3. The number of rotatable bonds is 4. The van der Waals surface area contributed by atoms with E-state index in [0.29, 0.717) is 6.54 Å². The molecule has 1 aliphatic rings. The van der Waals surface area contributed by atoms with E-state index in [9.17, 15) is 15.2 Å². The second-order valence-electron chi connectivity index (χ2n) is 4.73. The molecule has 1 fully saturated rings. The summed E-state index contributed by atoms with van der Waals surface area (Å²) in [6, 6.07) is 6.92. The molecule has 1 aromatic rings. The Balaban J connectivity index is 2.07. The van der Waals surface area contributed by atoms with E-state index in [2.05, 4.69) is 4.90 Å². The Bertz CT molecular complexity index is 422. The van der Waals surface area contributed by atoms with Crippen molar-refractivity contribution >= 4 is 5.69 Å². The van der Waals surface area contributed by atoms with Gasteiger partial charge in [0.15, 0.2) is 0 Å². The van der Waals surface area contributed by atoms with Gasteiger partial charge in [0, 0.05) is 24.7 Å². The summed E-state index contributed by atoms with van der Waals surface area (Å²) in [4.78, 5) is 12.6. The number of hydrogen-bond acceptors (Lipinski definition) is 4. The maximum Gasteiger partial charge on any atom is 0.269 e. The number of piperidine rings is 1. The van der Waals surface area contributed by atoms with Gasteiger partial charge in [0.05, 0.1) is 11.5 Å². The van der Waals surface area contributed by atoms with Crippen molar-refractivity contribution in [2.45, 2.75) is 31.8 Å². The zero-order valence-electron chi connectivity index (χ0n) is 10.3. The van der Waals surface area contributed by atoms with Crippen LogP contribution in [0, 0.1) is 10.1 Å². The Labute approximate surface area is 106 Å². The van der Waals surface area contributed by atoms with Crippen LogP contribution in [0.4, 0.5) is 5.69 Å². The number of benzene rings is 1. The third-order valence-electron chi connectivity index (χ3n) is 3.47. The van der Waals surface area contributed by atoms with Gasteiger partial charge in [-0.05, 0) is 24.9 Å². The molecule has 1 heterocycles. The highest BCUT2D eigenvalue weighted by atomic mass is 16.6. The van der Waals surface area contributed by atoms with Crippen molar-refractivity contribution in [1.29, 1.82) is 0 Å². The summed E-state index contributed by atoms with van der Waals surface area (Å²) in [6.45, 7) is 1.79. The van der Waals surface area contributed by atoms with E-state index in [1.165, 1.54) is 6.07 Å². The van der Waals surface area contributed by atoms with Gasteiger partial charge in [0.2, 0.25) is 0 Å². The molecule has 18 heavy (non-hydrogen) atoms. The SMILES string of the molecule is O=[N+]([O-])c1cccc(CN2CCCCC2CO)c1. The Morgan fingerprint density at radius 3 is 3.00 bits per heavy atom. The maximum atomic E-state index is 10.7. The molecule has 0 saturated carbocycles. The van der Waals surface area contributed by atoms with Crippen molar-refractivity contribution in [3.63, 3.8) is 0 Å². The number of aliphatic hydroxyl groups is 1. The van der Waals surface area contributed by atoms with Gasteiger partial charge in [0.1, 0.15) is 0 Å². The second kappa shape index (κ2) is 5.93. The molecule has 1 atom stereocenters. The van der Waals surface area contributed by atoms with Crippen molar-refractivity contribution in [3.8, 4) is 0 Å². The van der Waals surface area contributed by atoms with Gasteiger partial charge < -0.3 is 5.11 Å². The number of hydrogen-bond donors (Lipinski definition) is 1. The third kappa shape index (κ3) is 3.05. The summed E-state index contributed by atoms with van der Waals surface area (Å²) in [6.07, 6.45) is 3.29. The highest BCUT2D eigenvalue weighted by Gasteiger charge is 2.21. The first kappa shape index (κ1) is 13.0. The van der Waals surface area contributed by atoms with E-state index in [4.69, 9.17) is 0 Å². The molecule has 0 aliphatic carbocycles. The number of aliphatic hydroxyl groups excluding tert-OH is 1. The average Bonchev–Trinajstić information content (AvgIpc) is 2.39. The largest absolute Gasteiger partial charge is 0.395 e. The van der Waals surface area contributed by atoms with Crippen molar-refractivity contribution in [3.05, 3.63) is 39.9 Å². The standard InChI is InChI=1S/C13H18N2O3/c16-10-13-5-1-2-7-14(13)9-11-4-3-6-12(8-11)15(17)18/h3-4,6,8,13,16H,1-2,5,7,9-10H2. The molecule has 0 spiro atoms. The van der Waals surface area contributed by atoms with Crippen LogP contribution in [0.1, 0.15) is 24.8 Å². The zero-order chi connectivity index (χ0) is 13.0. The fourth-order valence-electron chi connectivity index (χ4n) is 2.48. The molecule has 1 saturated heterocycles. The summed E-state index contributed by atoms with van der Waals surface area (Å²) < 4.78 is 0. The van der Waals surface area contributed by atoms with Crippen LogP contribution in [0.15, 0.2) is 24.3 Å². The first-order valence-corrected chi connectivity index (χ1v) is 6.29. The van der Waals surface area contributed by atoms with Crippen LogP contribution in [-0.2, 0) is 6.54 Å². The first-order chi connectivity index (χ1) is 8.70. The number of likely N-dealkylation sites (tertiary alicyclic amines) is 1. The van der Waals surface area contributed by atoms with Crippen LogP contribution in [0.25, 0.3) is 0 Å². The Morgan fingerprint density at radius 2 is 2.28 bits per heavy atom. The Hall–Kier alpha value is -1.46. The lowest BCUT2D eigenvalue weighted by atomic mass is 10.0. The van der Waals surface area contributed by atoms with Crippen LogP contribution in [0.2, 0.25) is 0 Å². The van der Waals surface area contributed by atoms with Crippen molar-refractivity contribution in [2.75, 3.05) is 13.2 Å². The molecule has 1 aliphatic heterocycles. The summed E-state index contributed by atoms with van der Waals surface area (Å²) in [5.74, 6) is 0. The topological polar surface area (TPSA) is 66.6 Å². The fraction of sp³-hybridized carbons (Fsp3) is 0.538. The van der Waals surface area contributed by atoms with E-state index in [1.807, 2.05) is 6.07 Å². The van der Waals surface area contributed by atoms with Gasteiger partial charge in [-0.2, -0.15) is 0 Å². The predicted molar refractivity (Wildman–Crippen MR) is 68.2 cm³/mol. The average molecular weight is 250 g/mol. The predicted octanol–water partition coefficient (Wildman–Crippen LogP) is 1.94. The monoisotopic (exact) mass is 250 g/mol. The van der Waals surface area contributed by atoms with Gasteiger partial charge in [0.25, 0.3) is 5.69 Å². The number of nitro groups is 1. The summed E-state index contributed by atoms with van der Waals surface area (Å²) in [5.41, 5.74) is 1.06. The van der Waals surface area contributed by atoms with Crippen LogP contribution in [0.5, 0.6) is 0 Å². The van der Waals surface area contributed by atoms with Crippen LogP contribution in [-0.4, -0.2) is 34.1 Å². The van der Waals surface area contributed by atoms with Crippen molar-refractivity contribution < 1.29 is 10.0 Å². The molecule has 0 radical (unpaired) electrons. The van der Waals surface area contributed by atoms with Crippen molar-refractivity contribution in [1.82, 2.24) is 4.90 Å². The molecule has 0 amide bonds. The molecule has 0 aromatic heterocycles. The summed E-state index contributed by atoms with van der Waals surface area (Å²) >= 11 is 0. The minimum atomic E-state index is -0.372. The van der Waals surface area contributed by atoms with Gasteiger partial charge in [-0.25, -0.2) is 0 Å². The van der Waals surface area contributed by atoms with Gasteiger partial charge in [-0.1, -0.05) is 18.6 Å². The highest BCUT2D eigenvalue weighted by molar-refractivity contribution is 5.34. The highest BCUT2D eigenvalue weighted by Crippen LogP contribution is 2.21. The first-order valence-electron chi connectivity index (χ1n) is 6.29. The fourth-order valence-corrected chi connectivity index (χ4v) is 2.48. The lowest BCUT2D eigenvalue weighted by Crippen LogP contribution is -2.41. The lowest BCUT2D eigenvalue weighted by molar-refractivity contribution is -0.384. The summed E-state index contributed by atoms with van der Waals surface area (Å²) in [7, 11) is 0. The van der Waals surface area contributed by atoms with Gasteiger partial charge >= 0.3 is 0 Å². The molecule has 5 heteroatoms. The Kier molecular flexibility index (Phi) is 4.28. The van der Waals surface area contributed by atoms with E-state index in [0.717, 1.165) is 31.4 Å². The minimum Gasteiger partial charge on any atom is -0.395 e. The summed E-state index contributed by atoms with van der Waals surface area (Å²) in [5, 5.41) is 20.1. The molecule has 1 N–H and O–H groups in total. The quantitative estimate of drug-likeness (QED) is 0.655. The molecular weight excluding hydrogens is 232 g/mol. The van der Waals surface area contributed by atoms with E-state index in [-0.39, 0.29) is 23.3 Å². The smallest absolute Gasteiger partial charge is 0.269 e. The van der Waals surface area contributed by atoms with Crippen LogP contribution >= 0.6 is 0 Å². The van der Waals surface area contributed by atoms with E-state index in [1.54, 1.807) is 12.1 Å². The third-order valence-corrected chi connectivity index (χ3v) is 3.47.